The molecule has 1 aliphatic heterocycles. The Morgan fingerprint density at radius 2 is 1.72 bits per heavy atom. The van der Waals surface area contributed by atoms with Gasteiger partial charge in [0.1, 0.15) is 0 Å². The number of halogens is 1. The highest BCUT2D eigenvalue weighted by atomic mass is 35.5. The molecule has 25 heavy (non-hydrogen) atoms. The molecule has 1 fully saturated rings. The van der Waals surface area contributed by atoms with Gasteiger partial charge in [-0.25, -0.2) is 0 Å². The fraction of sp³-hybridized carbons (Fsp3) is 0.211. The summed E-state index contributed by atoms with van der Waals surface area (Å²) < 4.78 is 0. The van der Waals surface area contributed by atoms with Gasteiger partial charge in [0.2, 0.25) is 11.8 Å². The van der Waals surface area contributed by atoms with Gasteiger partial charge >= 0.3 is 0 Å². The number of amides is 3. The van der Waals surface area contributed by atoms with E-state index < -0.39 is 0 Å². The summed E-state index contributed by atoms with van der Waals surface area (Å²) in [5.41, 5.74) is 2.87. The Hall–Kier alpha value is -2.66. The van der Waals surface area contributed by atoms with Gasteiger partial charge in [-0.1, -0.05) is 29.8 Å². The lowest BCUT2D eigenvalue weighted by molar-refractivity contribution is -0.139. The molecule has 0 spiro atoms. The number of nitrogens with one attached hydrogen (secondary N) is 1. The minimum Gasteiger partial charge on any atom is -0.322 e. The zero-order valence-corrected chi connectivity index (χ0v) is 14.5. The highest BCUT2D eigenvalue weighted by Crippen LogP contribution is 2.21. The number of hydrogen-bond acceptors (Lipinski definition) is 3. The molecule has 1 heterocycles. The van der Waals surface area contributed by atoms with Gasteiger partial charge in [0.05, 0.1) is 6.54 Å². The summed E-state index contributed by atoms with van der Waals surface area (Å²) in [5.74, 6) is -0.545. The maximum absolute atomic E-state index is 12.4. The van der Waals surface area contributed by atoms with Crippen LogP contribution in [-0.2, 0) is 16.1 Å². The summed E-state index contributed by atoms with van der Waals surface area (Å²) in [7, 11) is 0. The second-order valence-electron chi connectivity index (χ2n) is 5.98. The second kappa shape index (κ2) is 7.07. The van der Waals surface area contributed by atoms with E-state index in [1.165, 1.54) is 4.90 Å². The van der Waals surface area contributed by atoms with E-state index in [0.29, 0.717) is 16.3 Å². The lowest BCUT2D eigenvalue weighted by Crippen LogP contribution is -2.28. The van der Waals surface area contributed by atoms with E-state index in [9.17, 15) is 14.4 Å². The second-order valence-corrected chi connectivity index (χ2v) is 6.42. The third kappa shape index (κ3) is 3.88. The summed E-state index contributed by atoms with van der Waals surface area (Å²) in [6, 6.07) is 12.2. The highest BCUT2D eigenvalue weighted by molar-refractivity contribution is 6.31. The van der Waals surface area contributed by atoms with Crippen LogP contribution in [0.1, 0.15) is 34.3 Å². The van der Waals surface area contributed by atoms with Crippen LogP contribution < -0.4 is 5.32 Å². The zero-order chi connectivity index (χ0) is 18.0. The summed E-state index contributed by atoms with van der Waals surface area (Å²) in [6.45, 7) is 2.13. The molecule has 1 N–H and O–H groups in total. The minimum atomic E-state index is -0.245. The van der Waals surface area contributed by atoms with Crippen LogP contribution in [-0.4, -0.2) is 22.6 Å². The Labute approximate surface area is 150 Å². The van der Waals surface area contributed by atoms with E-state index in [4.69, 9.17) is 11.6 Å². The number of carbonyl (C=O) groups excluding carboxylic acids is 3. The van der Waals surface area contributed by atoms with E-state index in [0.717, 1.165) is 11.1 Å². The van der Waals surface area contributed by atoms with Gasteiger partial charge in [-0.15, -0.1) is 0 Å². The number of aryl methyl sites for hydroxylation is 1. The van der Waals surface area contributed by atoms with Crippen molar-refractivity contribution in [2.24, 2.45) is 0 Å². The largest absolute Gasteiger partial charge is 0.322 e. The van der Waals surface area contributed by atoms with Crippen molar-refractivity contribution in [3.8, 4) is 0 Å². The van der Waals surface area contributed by atoms with Crippen LogP contribution in [0.4, 0.5) is 5.69 Å². The van der Waals surface area contributed by atoms with Gasteiger partial charge in [0.25, 0.3) is 5.91 Å². The van der Waals surface area contributed by atoms with Crippen molar-refractivity contribution in [2.75, 3.05) is 5.32 Å². The Bertz CT molecular complexity index is 830. The van der Waals surface area contributed by atoms with Crippen molar-refractivity contribution in [1.82, 2.24) is 4.90 Å². The van der Waals surface area contributed by atoms with Crippen LogP contribution in [0.2, 0.25) is 5.02 Å². The van der Waals surface area contributed by atoms with Crippen molar-refractivity contribution in [2.45, 2.75) is 26.3 Å². The van der Waals surface area contributed by atoms with Crippen LogP contribution in [0, 0.1) is 6.92 Å². The molecule has 0 radical (unpaired) electrons. The van der Waals surface area contributed by atoms with E-state index in [1.54, 1.807) is 36.4 Å². The van der Waals surface area contributed by atoms with E-state index in [-0.39, 0.29) is 37.1 Å². The van der Waals surface area contributed by atoms with E-state index >= 15 is 0 Å². The normalized spacial score (nSPS) is 14.1. The molecule has 0 saturated carbocycles. The summed E-state index contributed by atoms with van der Waals surface area (Å²) in [6.07, 6.45) is 0.552. The molecule has 2 aromatic rings. The van der Waals surface area contributed by atoms with Crippen LogP contribution >= 0.6 is 11.6 Å². The minimum absolute atomic E-state index is 0.150. The van der Waals surface area contributed by atoms with Crippen molar-refractivity contribution < 1.29 is 14.4 Å². The average molecular weight is 357 g/mol. The fourth-order valence-corrected chi connectivity index (χ4v) is 2.84. The first-order valence-corrected chi connectivity index (χ1v) is 8.31. The first-order chi connectivity index (χ1) is 11.9. The lowest BCUT2D eigenvalue weighted by atomic mass is 10.1. The Morgan fingerprint density at radius 3 is 2.36 bits per heavy atom. The molecule has 3 rings (SSSR count). The molecule has 0 unspecified atom stereocenters. The third-order valence-corrected chi connectivity index (χ3v) is 4.39. The molecule has 0 aliphatic carbocycles. The first kappa shape index (κ1) is 17.2. The molecule has 2 aromatic carbocycles. The van der Waals surface area contributed by atoms with Gasteiger partial charge in [0, 0.05) is 29.1 Å². The van der Waals surface area contributed by atoms with Crippen molar-refractivity contribution >= 4 is 35.0 Å². The van der Waals surface area contributed by atoms with Crippen molar-refractivity contribution in [3.63, 3.8) is 0 Å². The highest BCUT2D eigenvalue weighted by Gasteiger charge is 2.28. The molecule has 0 bridgehead atoms. The van der Waals surface area contributed by atoms with Gasteiger partial charge in [-0.2, -0.15) is 0 Å². The van der Waals surface area contributed by atoms with E-state index in [2.05, 4.69) is 5.32 Å². The molecular formula is C19H17ClN2O3. The summed E-state index contributed by atoms with van der Waals surface area (Å²) in [4.78, 5) is 36.9. The smallest absolute Gasteiger partial charge is 0.255 e. The Balaban J connectivity index is 1.69. The fourth-order valence-electron chi connectivity index (χ4n) is 2.67. The number of nitrogens with zero attached hydrogens (tertiary/aromatic N) is 1. The van der Waals surface area contributed by atoms with Gasteiger partial charge < -0.3 is 5.32 Å². The number of likely N-dealkylation sites (tertiary alicyclic amines) is 1. The topological polar surface area (TPSA) is 66.5 Å². The Kier molecular flexibility index (Phi) is 4.86. The SMILES string of the molecule is Cc1ccc(Cl)cc1NC(=O)c1ccc(CN2C(=O)CCC2=O)cc1. The van der Waals surface area contributed by atoms with Crippen LogP contribution in [0.5, 0.6) is 0 Å². The predicted molar refractivity (Wildman–Crippen MR) is 95.4 cm³/mol. The standard InChI is InChI=1S/C19H17ClN2O3/c1-12-2-7-15(20)10-16(12)21-19(25)14-5-3-13(4-6-14)11-22-17(23)8-9-18(22)24/h2-7,10H,8-9,11H2,1H3,(H,21,25). The third-order valence-electron chi connectivity index (χ3n) is 4.16. The van der Waals surface area contributed by atoms with Crippen molar-refractivity contribution in [3.05, 3.63) is 64.2 Å². The van der Waals surface area contributed by atoms with Gasteiger partial charge in [-0.05, 0) is 42.3 Å². The molecule has 5 nitrogen and oxygen atoms in total. The maximum Gasteiger partial charge on any atom is 0.255 e. The van der Waals surface area contributed by atoms with Gasteiger partial charge in [-0.3, -0.25) is 19.3 Å². The maximum atomic E-state index is 12.4. The van der Waals surface area contributed by atoms with Crippen LogP contribution in [0.15, 0.2) is 42.5 Å². The average Bonchev–Trinajstić information content (AvgIpc) is 2.91. The predicted octanol–water partition coefficient (Wildman–Crippen LogP) is 3.55. The molecule has 1 aliphatic rings. The number of rotatable bonds is 4. The number of imide groups is 1. The molecule has 1 saturated heterocycles. The monoisotopic (exact) mass is 356 g/mol. The molecule has 0 atom stereocenters. The summed E-state index contributed by atoms with van der Waals surface area (Å²) in [5, 5.41) is 3.38. The van der Waals surface area contributed by atoms with Gasteiger partial charge in [0.15, 0.2) is 0 Å². The number of benzene rings is 2. The van der Waals surface area contributed by atoms with Crippen molar-refractivity contribution in [1.29, 1.82) is 0 Å². The first-order valence-electron chi connectivity index (χ1n) is 7.93. The molecular weight excluding hydrogens is 340 g/mol. The quantitative estimate of drug-likeness (QED) is 0.852. The molecule has 3 amide bonds. The number of hydrogen-bond donors (Lipinski definition) is 1. The van der Waals surface area contributed by atoms with Crippen LogP contribution in [0.25, 0.3) is 0 Å². The van der Waals surface area contributed by atoms with Crippen LogP contribution in [0.3, 0.4) is 0 Å². The summed E-state index contributed by atoms with van der Waals surface area (Å²) >= 11 is 5.96. The lowest BCUT2D eigenvalue weighted by Gasteiger charge is -2.14. The Morgan fingerprint density at radius 1 is 1.08 bits per heavy atom. The number of anilines is 1. The van der Waals surface area contributed by atoms with E-state index in [1.807, 2.05) is 13.0 Å². The molecule has 128 valence electrons. The molecule has 6 heteroatoms. The zero-order valence-electron chi connectivity index (χ0n) is 13.7. The number of carbonyl (C=O) groups is 3. The molecule has 0 aromatic heterocycles.